The van der Waals surface area contributed by atoms with Crippen molar-refractivity contribution >= 4 is 16.2 Å². The van der Waals surface area contributed by atoms with Crippen molar-refractivity contribution in [3.8, 4) is 0 Å². The number of hydrogen-bond acceptors (Lipinski definition) is 3. The van der Waals surface area contributed by atoms with Crippen LogP contribution >= 0.6 is 0 Å². The summed E-state index contributed by atoms with van der Waals surface area (Å²) in [5.74, 6) is 0.817. The molecule has 7 nitrogen and oxygen atoms in total. The van der Waals surface area contributed by atoms with E-state index in [1.165, 1.54) is 19.3 Å². The molecule has 0 spiro atoms. The average Bonchev–Trinajstić information content (AvgIpc) is 2.62. The summed E-state index contributed by atoms with van der Waals surface area (Å²) in [6, 6.07) is 0.253. The molecule has 1 aliphatic carbocycles. The minimum atomic E-state index is -3.39. The number of hydrogen-bond donors (Lipinski definition) is 2. The summed E-state index contributed by atoms with van der Waals surface area (Å²) in [6.07, 6.45) is 8.22. The second-order valence-corrected chi connectivity index (χ2v) is 10.8. The van der Waals surface area contributed by atoms with E-state index < -0.39 is 10.2 Å². The lowest BCUT2D eigenvalue weighted by atomic mass is 9.94. The third-order valence-electron chi connectivity index (χ3n) is 6.22. The predicted molar refractivity (Wildman–Crippen MR) is 107 cm³/mol. The zero-order valence-corrected chi connectivity index (χ0v) is 17.6. The molecule has 2 aliphatic heterocycles. The van der Waals surface area contributed by atoms with E-state index in [4.69, 9.17) is 0 Å². The maximum atomic E-state index is 13.0. The Kier molecular flexibility index (Phi) is 7.03. The number of carbonyl (C=O) groups excluding carboxylic acids is 1. The first-order valence-electron chi connectivity index (χ1n) is 10.7. The molecule has 2 heterocycles. The Hall–Kier alpha value is -0.860. The quantitative estimate of drug-likeness (QED) is 0.760. The Labute approximate surface area is 164 Å². The molecular formula is C19H36N4O3S. The molecule has 2 atom stereocenters. The van der Waals surface area contributed by atoms with E-state index in [2.05, 4.69) is 24.5 Å². The van der Waals surface area contributed by atoms with Crippen LogP contribution in [0, 0.1) is 11.8 Å². The minimum absolute atomic E-state index is 0.0549. The molecule has 2 unspecified atom stereocenters. The van der Waals surface area contributed by atoms with Crippen LogP contribution in [0.4, 0.5) is 4.79 Å². The fraction of sp³-hybridized carbons (Fsp3) is 0.947. The minimum Gasteiger partial charge on any atom is -0.335 e. The van der Waals surface area contributed by atoms with E-state index in [-0.39, 0.29) is 12.1 Å². The van der Waals surface area contributed by atoms with Gasteiger partial charge in [-0.1, -0.05) is 33.1 Å². The van der Waals surface area contributed by atoms with Crippen molar-refractivity contribution in [2.24, 2.45) is 11.8 Å². The first-order chi connectivity index (χ1) is 12.8. The molecule has 0 aromatic rings. The van der Waals surface area contributed by atoms with Gasteiger partial charge in [0, 0.05) is 38.3 Å². The molecule has 3 fully saturated rings. The highest BCUT2D eigenvalue weighted by Gasteiger charge is 2.36. The van der Waals surface area contributed by atoms with Crippen molar-refractivity contribution < 1.29 is 13.2 Å². The Morgan fingerprint density at radius 3 is 1.89 bits per heavy atom. The van der Waals surface area contributed by atoms with Crippen LogP contribution in [0.15, 0.2) is 0 Å². The van der Waals surface area contributed by atoms with E-state index in [0.717, 1.165) is 19.3 Å². The third kappa shape index (κ3) is 5.57. The van der Waals surface area contributed by atoms with Gasteiger partial charge in [-0.3, -0.25) is 0 Å². The van der Waals surface area contributed by atoms with E-state index in [0.29, 0.717) is 56.9 Å². The summed E-state index contributed by atoms with van der Waals surface area (Å²) in [6.45, 7) is 6.45. The number of amides is 2. The maximum absolute atomic E-state index is 13.0. The van der Waals surface area contributed by atoms with Gasteiger partial charge in [0.1, 0.15) is 0 Å². The van der Waals surface area contributed by atoms with Gasteiger partial charge in [0.2, 0.25) is 0 Å². The molecule has 156 valence electrons. The van der Waals surface area contributed by atoms with Crippen LogP contribution < -0.4 is 10.6 Å². The molecule has 0 aromatic heterocycles. The summed E-state index contributed by atoms with van der Waals surface area (Å²) in [5.41, 5.74) is 0. The number of piperidine rings is 2. The zero-order valence-electron chi connectivity index (χ0n) is 16.8. The van der Waals surface area contributed by atoms with Crippen molar-refractivity contribution in [2.45, 2.75) is 77.3 Å². The molecule has 2 saturated heterocycles. The van der Waals surface area contributed by atoms with Crippen LogP contribution in [0.25, 0.3) is 0 Å². The van der Waals surface area contributed by atoms with Crippen LogP contribution in [0.1, 0.15) is 65.2 Å². The van der Waals surface area contributed by atoms with Crippen molar-refractivity contribution in [1.82, 2.24) is 19.2 Å². The number of carbonyl (C=O) groups is 1. The Bertz CT molecular complexity index is 588. The third-order valence-corrected chi connectivity index (χ3v) is 8.19. The molecular weight excluding hydrogens is 364 g/mol. The second-order valence-electron chi connectivity index (χ2n) is 8.90. The van der Waals surface area contributed by atoms with E-state index >= 15 is 0 Å². The molecule has 27 heavy (non-hydrogen) atoms. The summed E-state index contributed by atoms with van der Waals surface area (Å²) in [7, 11) is -3.39. The first kappa shape index (κ1) is 20.9. The summed E-state index contributed by atoms with van der Waals surface area (Å²) < 4.78 is 29.2. The molecule has 0 radical (unpaired) electrons. The van der Waals surface area contributed by atoms with E-state index in [1.54, 1.807) is 8.61 Å². The van der Waals surface area contributed by atoms with Crippen LogP contribution in [0.5, 0.6) is 0 Å². The largest absolute Gasteiger partial charge is 0.335 e. The van der Waals surface area contributed by atoms with Crippen molar-refractivity contribution in [3.05, 3.63) is 0 Å². The summed E-state index contributed by atoms with van der Waals surface area (Å²) >= 11 is 0. The van der Waals surface area contributed by atoms with Crippen molar-refractivity contribution in [1.29, 1.82) is 0 Å². The van der Waals surface area contributed by atoms with Gasteiger partial charge in [0.25, 0.3) is 10.2 Å². The van der Waals surface area contributed by atoms with E-state index in [1.807, 2.05) is 0 Å². The highest BCUT2D eigenvalue weighted by Crippen LogP contribution is 2.26. The van der Waals surface area contributed by atoms with Crippen molar-refractivity contribution in [2.75, 3.05) is 26.2 Å². The van der Waals surface area contributed by atoms with Crippen LogP contribution in [-0.2, 0) is 10.2 Å². The van der Waals surface area contributed by atoms with Gasteiger partial charge in [-0.15, -0.1) is 0 Å². The molecule has 2 amide bonds. The molecule has 0 bridgehead atoms. The lowest BCUT2D eigenvalue weighted by Gasteiger charge is -2.39. The average molecular weight is 401 g/mol. The molecule has 2 N–H and O–H groups in total. The van der Waals surface area contributed by atoms with Gasteiger partial charge < -0.3 is 10.6 Å². The standard InChI is InChI=1S/C19H36N4O3S/c1-15-12-16(2)14-23(13-15)27(25,26)22-10-8-18(9-11-22)21-19(24)20-17-6-4-3-5-7-17/h15-18H,3-14H2,1-2H3,(H2,20,21,24). The van der Waals surface area contributed by atoms with Gasteiger partial charge in [0.05, 0.1) is 0 Å². The molecule has 1 saturated carbocycles. The van der Waals surface area contributed by atoms with Gasteiger partial charge in [0.15, 0.2) is 0 Å². The smallest absolute Gasteiger partial charge is 0.315 e. The van der Waals surface area contributed by atoms with Crippen LogP contribution in [0.2, 0.25) is 0 Å². The number of urea groups is 1. The Balaban J connectivity index is 1.45. The van der Waals surface area contributed by atoms with Crippen LogP contribution in [-0.4, -0.2) is 61.3 Å². The molecule has 0 aromatic carbocycles. The van der Waals surface area contributed by atoms with Crippen LogP contribution in [0.3, 0.4) is 0 Å². The summed E-state index contributed by atoms with van der Waals surface area (Å²) in [4.78, 5) is 12.2. The second kappa shape index (κ2) is 9.09. The first-order valence-corrected chi connectivity index (χ1v) is 12.1. The van der Waals surface area contributed by atoms with Crippen molar-refractivity contribution in [3.63, 3.8) is 0 Å². The maximum Gasteiger partial charge on any atom is 0.315 e. The molecule has 3 rings (SSSR count). The monoisotopic (exact) mass is 400 g/mol. The SMILES string of the molecule is CC1CC(C)CN(S(=O)(=O)N2CCC(NC(=O)NC3CCCCC3)CC2)C1. The highest BCUT2D eigenvalue weighted by atomic mass is 32.2. The Morgan fingerprint density at radius 1 is 0.815 bits per heavy atom. The fourth-order valence-corrected chi connectivity index (χ4v) is 6.73. The lowest BCUT2D eigenvalue weighted by molar-refractivity contribution is 0.197. The molecule has 3 aliphatic rings. The Morgan fingerprint density at radius 2 is 1.33 bits per heavy atom. The zero-order chi connectivity index (χ0) is 19.4. The van der Waals surface area contributed by atoms with Gasteiger partial charge in [-0.05, 0) is 43.9 Å². The number of nitrogens with zero attached hydrogens (tertiary/aromatic N) is 2. The van der Waals surface area contributed by atoms with Gasteiger partial charge in [-0.2, -0.15) is 17.0 Å². The topological polar surface area (TPSA) is 81.8 Å². The number of rotatable bonds is 4. The fourth-order valence-electron chi connectivity index (χ4n) is 4.85. The van der Waals surface area contributed by atoms with Gasteiger partial charge in [-0.25, -0.2) is 4.79 Å². The highest BCUT2D eigenvalue weighted by molar-refractivity contribution is 7.86. The van der Waals surface area contributed by atoms with Gasteiger partial charge >= 0.3 is 6.03 Å². The molecule has 8 heteroatoms. The van der Waals surface area contributed by atoms with E-state index in [9.17, 15) is 13.2 Å². The summed E-state index contributed by atoms with van der Waals surface area (Å²) in [5, 5.41) is 6.13. The number of nitrogens with one attached hydrogen (secondary N) is 2. The normalized spacial score (nSPS) is 30.1. The predicted octanol–water partition coefficient (Wildman–Crippen LogP) is 2.31. The lowest BCUT2D eigenvalue weighted by Crippen LogP contribution is -2.54.